The molecule has 0 amide bonds. The van der Waals surface area contributed by atoms with Crippen molar-refractivity contribution in [3.63, 3.8) is 0 Å². The van der Waals surface area contributed by atoms with Crippen molar-refractivity contribution in [1.82, 2.24) is 15.0 Å². The Bertz CT molecular complexity index is 1190. The molecule has 8 heteroatoms. The third kappa shape index (κ3) is 5.81. The zero-order valence-corrected chi connectivity index (χ0v) is 18.3. The SMILES string of the molecule is C[SH](O)Cc1cccc(Nc2ncnc(-c3ccc(F)cc3OCc3ccccc3)n2)c1. The molecule has 2 N–H and O–H groups in total. The summed E-state index contributed by atoms with van der Waals surface area (Å²) in [6.07, 6.45) is 3.21. The minimum Gasteiger partial charge on any atom is -0.488 e. The average molecular weight is 451 g/mol. The van der Waals surface area contributed by atoms with E-state index in [1.54, 1.807) is 6.07 Å². The summed E-state index contributed by atoms with van der Waals surface area (Å²) in [5.74, 6) is 1.29. The first-order valence-electron chi connectivity index (χ1n) is 9.98. The Morgan fingerprint density at radius 1 is 0.969 bits per heavy atom. The monoisotopic (exact) mass is 450 g/mol. The van der Waals surface area contributed by atoms with Gasteiger partial charge in [-0.1, -0.05) is 42.5 Å². The lowest BCUT2D eigenvalue weighted by atomic mass is 10.1. The van der Waals surface area contributed by atoms with Gasteiger partial charge < -0.3 is 14.6 Å². The summed E-state index contributed by atoms with van der Waals surface area (Å²) in [4.78, 5) is 12.9. The molecule has 1 aromatic heterocycles. The summed E-state index contributed by atoms with van der Waals surface area (Å²) >= 11 is -1.02. The molecule has 0 aliphatic rings. The Balaban J connectivity index is 1.57. The highest BCUT2D eigenvalue weighted by Crippen LogP contribution is 2.30. The fourth-order valence-electron chi connectivity index (χ4n) is 3.16. The number of ether oxygens (including phenoxy) is 1. The molecule has 0 radical (unpaired) electrons. The van der Waals surface area contributed by atoms with Crippen LogP contribution >= 0.6 is 11.2 Å². The van der Waals surface area contributed by atoms with Crippen molar-refractivity contribution in [2.45, 2.75) is 12.4 Å². The number of hydrogen-bond donors (Lipinski definition) is 3. The van der Waals surface area contributed by atoms with Crippen LogP contribution in [0.5, 0.6) is 5.75 Å². The first-order chi connectivity index (χ1) is 15.6. The Labute approximate surface area is 188 Å². The minimum absolute atomic E-state index is 0.297. The highest BCUT2D eigenvalue weighted by Gasteiger charge is 2.13. The molecule has 32 heavy (non-hydrogen) atoms. The Morgan fingerprint density at radius 2 is 1.78 bits per heavy atom. The Morgan fingerprint density at radius 3 is 2.59 bits per heavy atom. The maximum atomic E-state index is 13.9. The van der Waals surface area contributed by atoms with E-state index in [0.717, 1.165) is 16.8 Å². The van der Waals surface area contributed by atoms with Crippen LogP contribution in [0.3, 0.4) is 0 Å². The molecule has 0 fully saturated rings. The van der Waals surface area contributed by atoms with E-state index in [9.17, 15) is 8.94 Å². The van der Waals surface area contributed by atoms with Gasteiger partial charge in [-0.25, -0.2) is 14.4 Å². The third-order valence-electron chi connectivity index (χ3n) is 4.59. The highest BCUT2D eigenvalue weighted by atomic mass is 32.2. The van der Waals surface area contributed by atoms with Crippen molar-refractivity contribution in [3.05, 3.63) is 96.1 Å². The van der Waals surface area contributed by atoms with E-state index < -0.39 is 17.0 Å². The van der Waals surface area contributed by atoms with Gasteiger partial charge in [0, 0.05) is 17.5 Å². The van der Waals surface area contributed by atoms with Gasteiger partial charge in [-0.15, -0.1) is 11.2 Å². The third-order valence-corrected chi connectivity index (χ3v) is 5.41. The number of nitrogens with one attached hydrogen (secondary N) is 1. The van der Waals surface area contributed by atoms with Crippen LogP contribution in [-0.4, -0.2) is 25.8 Å². The van der Waals surface area contributed by atoms with Gasteiger partial charge in [0.25, 0.3) is 0 Å². The number of rotatable bonds is 8. The summed E-state index contributed by atoms with van der Waals surface area (Å²) < 4.78 is 29.5. The van der Waals surface area contributed by atoms with Gasteiger partial charge in [0.15, 0.2) is 5.82 Å². The van der Waals surface area contributed by atoms with E-state index in [-0.39, 0.29) is 0 Å². The molecule has 0 aliphatic carbocycles. The summed E-state index contributed by atoms with van der Waals surface area (Å²) in [5, 5.41) is 3.16. The van der Waals surface area contributed by atoms with Gasteiger partial charge in [-0.3, -0.25) is 0 Å². The second kappa shape index (κ2) is 10.2. The smallest absolute Gasteiger partial charge is 0.230 e. The zero-order valence-electron chi connectivity index (χ0n) is 17.4. The van der Waals surface area contributed by atoms with Crippen LogP contribution in [0.4, 0.5) is 16.0 Å². The molecule has 4 rings (SSSR count). The van der Waals surface area contributed by atoms with Crippen LogP contribution in [0, 0.1) is 5.82 Å². The van der Waals surface area contributed by atoms with E-state index in [0.29, 0.717) is 35.4 Å². The van der Waals surface area contributed by atoms with E-state index in [2.05, 4.69) is 20.3 Å². The van der Waals surface area contributed by atoms with Crippen LogP contribution in [-0.2, 0) is 12.4 Å². The van der Waals surface area contributed by atoms with Crippen molar-refractivity contribution in [2.24, 2.45) is 0 Å². The quantitative estimate of drug-likeness (QED) is 0.303. The van der Waals surface area contributed by atoms with Crippen LogP contribution in [0.2, 0.25) is 0 Å². The number of hydrogen-bond acceptors (Lipinski definition) is 6. The predicted octanol–water partition coefficient (Wildman–Crippen LogP) is 5.60. The number of halogens is 1. The molecule has 1 heterocycles. The molecule has 0 saturated heterocycles. The first kappa shape index (κ1) is 21.7. The number of thiol groups is 1. The van der Waals surface area contributed by atoms with E-state index in [1.165, 1.54) is 18.5 Å². The molecule has 0 bridgehead atoms. The topological polar surface area (TPSA) is 80.2 Å². The Kier molecular flexibility index (Phi) is 6.94. The summed E-state index contributed by atoms with van der Waals surface area (Å²) in [6.45, 7) is 0.297. The van der Waals surface area contributed by atoms with Crippen LogP contribution in [0.15, 0.2) is 79.1 Å². The normalized spacial score (nSPS) is 12.3. The predicted molar refractivity (Wildman–Crippen MR) is 127 cm³/mol. The number of aromatic nitrogens is 3. The van der Waals surface area contributed by atoms with Crippen molar-refractivity contribution >= 4 is 22.8 Å². The van der Waals surface area contributed by atoms with Crippen LogP contribution < -0.4 is 10.1 Å². The lowest BCUT2D eigenvalue weighted by Gasteiger charge is -2.12. The summed E-state index contributed by atoms with van der Waals surface area (Å²) in [6, 6.07) is 21.7. The molecule has 6 nitrogen and oxygen atoms in total. The van der Waals surface area contributed by atoms with Gasteiger partial charge in [-0.05, 0) is 41.6 Å². The summed E-state index contributed by atoms with van der Waals surface area (Å²) in [5.41, 5.74) is 3.37. The molecular weight excluding hydrogens is 427 g/mol. The van der Waals surface area contributed by atoms with Crippen LogP contribution in [0.1, 0.15) is 11.1 Å². The lowest BCUT2D eigenvalue weighted by molar-refractivity contribution is 0.306. The molecule has 1 unspecified atom stereocenters. The molecular formula is C24H23FN4O2S. The molecule has 1 atom stereocenters. The van der Waals surface area contributed by atoms with Gasteiger partial charge >= 0.3 is 0 Å². The molecule has 0 saturated carbocycles. The van der Waals surface area contributed by atoms with Crippen molar-refractivity contribution in [1.29, 1.82) is 0 Å². The van der Waals surface area contributed by atoms with E-state index in [4.69, 9.17) is 4.74 Å². The number of benzene rings is 3. The van der Waals surface area contributed by atoms with Crippen molar-refractivity contribution < 1.29 is 13.7 Å². The average Bonchev–Trinajstić information content (AvgIpc) is 2.78. The zero-order chi connectivity index (χ0) is 22.3. The molecule has 3 aromatic carbocycles. The van der Waals surface area contributed by atoms with E-state index in [1.807, 2.05) is 60.9 Å². The van der Waals surface area contributed by atoms with Crippen molar-refractivity contribution in [3.8, 4) is 17.1 Å². The van der Waals surface area contributed by atoms with Crippen molar-refractivity contribution in [2.75, 3.05) is 11.6 Å². The number of anilines is 2. The molecule has 0 aliphatic heterocycles. The maximum Gasteiger partial charge on any atom is 0.230 e. The van der Waals surface area contributed by atoms with E-state index >= 15 is 0 Å². The lowest BCUT2D eigenvalue weighted by Crippen LogP contribution is -2.02. The van der Waals surface area contributed by atoms with Gasteiger partial charge in [0.05, 0.1) is 5.56 Å². The molecule has 4 aromatic rings. The maximum absolute atomic E-state index is 13.9. The second-order valence-corrected chi connectivity index (χ2v) is 8.82. The standard InChI is InChI=1S/C24H23FN4O2S/c1-32(30)15-18-8-5-9-20(12-18)28-24-27-16-26-23(29-24)21-11-10-19(25)13-22(21)31-14-17-6-3-2-4-7-17/h2-13,16,30,32H,14-15H2,1H3,(H,26,27,28,29). The molecule has 164 valence electrons. The minimum atomic E-state index is -1.02. The number of nitrogens with zero attached hydrogens (tertiary/aromatic N) is 3. The fourth-order valence-corrected chi connectivity index (χ4v) is 3.89. The molecule has 0 spiro atoms. The first-order valence-corrected chi connectivity index (χ1v) is 11.9. The second-order valence-electron chi connectivity index (χ2n) is 7.19. The fraction of sp³-hybridized carbons (Fsp3) is 0.125. The Hall–Kier alpha value is -3.49. The van der Waals surface area contributed by atoms with Gasteiger partial charge in [0.1, 0.15) is 24.5 Å². The largest absolute Gasteiger partial charge is 0.488 e. The summed E-state index contributed by atoms with van der Waals surface area (Å²) in [7, 11) is 0. The van der Waals surface area contributed by atoms with Crippen LogP contribution in [0.25, 0.3) is 11.4 Å². The van der Waals surface area contributed by atoms with Gasteiger partial charge in [0.2, 0.25) is 5.95 Å². The highest BCUT2D eigenvalue weighted by molar-refractivity contribution is 8.10. The van der Waals surface area contributed by atoms with Gasteiger partial charge in [-0.2, -0.15) is 4.98 Å².